The van der Waals surface area contributed by atoms with Crippen LogP contribution in [0.3, 0.4) is 0 Å². The van der Waals surface area contributed by atoms with Gasteiger partial charge in [-0.15, -0.1) is 0 Å². The molecule has 6 nitrogen and oxygen atoms in total. The molecule has 1 aliphatic heterocycles. The van der Waals surface area contributed by atoms with Gasteiger partial charge in [-0.3, -0.25) is 9.59 Å². The Balaban J connectivity index is 1.82. The lowest BCUT2D eigenvalue weighted by Gasteiger charge is -2.10. The number of nitrogens with one attached hydrogen (secondary N) is 2. The zero-order valence-electron chi connectivity index (χ0n) is 10.8. The Bertz CT molecular complexity index is 571. The van der Waals surface area contributed by atoms with Crippen molar-refractivity contribution in [2.75, 3.05) is 11.9 Å². The normalized spacial score (nSPS) is 17.2. The summed E-state index contributed by atoms with van der Waals surface area (Å²) in [6.45, 7) is -0.449. The fourth-order valence-electron chi connectivity index (χ4n) is 1.85. The molecule has 8 heteroatoms. The second-order valence-electron chi connectivity index (χ2n) is 4.47. The van der Waals surface area contributed by atoms with E-state index >= 15 is 0 Å². The van der Waals surface area contributed by atoms with Crippen LogP contribution in [0.2, 0.25) is 10.0 Å². The fourth-order valence-corrected chi connectivity index (χ4v) is 2.38. The minimum absolute atomic E-state index is 0.199. The van der Waals surface area contributed by atoms with Crippen molar-refractivity contribution in [3.8, 4) is 0 Å². The smallest absolute Gasteiger partial charge is 0.329 e. The molecule has 1 unspecified atom stereocenters. The van der Waals surface area contributed by atoms with Gasteiger partial charge in [-0.25, -0.2) is 4.79 Å². The number of halogens is 2. The molecule has 1 fully saturated rings. The van der Waals surface area contributed by atoms with Crippen molar-refractivity contribution in [3.05, 3.63) is 28.2 Å². The first-order chi connectivity index (χ1) is 9.94. The van der Waals surface area contributed by atoms with E-state index in [1.165, 1.54) is 18.2 Å². The highest BCUT2D eigenvalue weighted by atomic mass is 35.5. The first kappa shape index (κ1) is 15.6. The second kappa shape index (κ2) is 6.78. The van der Waals surface area contributed by atoms with E-state index in [1.807, 2.05) is 0 Å². The van der Waals surface area contributed by atoms with Gasteiger partial charge in [-0.05, 0) is 24.6 Å². The molecule has 1 atom stereocenters. The average molecular weight is 331 g/mol. The van der Waals surface area contributed by atoms with Gasteiger partial charge in [0.1, 0.15) is 6.04 Å². The first-order valence-electron chi connectivity index (χ1n) is 6.16. The Morgan fingerprint density at radius 2 is 1.95 bits per heavy atom. The number of hydrogen-bond acceptors (Lipinski definition) is 4. The van der Waals surface area contributed by atoms with Crippen LogP contribution in [0.4, 0.5) is 5.69 Å². The molecular weight excluding hydrogens is 319 g/mol. The van der Waals surface area contributed by atoms with Gasteiger partial charge in [-0.1, -0.05) is 23.2 Å². The molecule has 1 saturated heterocycles. The molecule has 1 aliphatic rings. The topological polar surface area (TPSA) is 84.5 Å². The van der Waals surface area contributed by atoms with Crippen molar-refractivity contribution in [2.45, 2.75) is 18.9 Å². The molecule has 112 valence electrons. The van der Waals surface area contributed by atoms with E-state index in [4.69, 9.17) is 27.9 Å². The van der Waals surface area contributed by atoms with Crippen molar-refractivity contribution >= 4 is 46.7 Å². The van der Waals surface area contributed by atoms with Crippen LogP contribution in [0.5, 0.6) is 0 Å². The maximum absolute atomic E-state index is 11.7. The van der Waals surface area contributed by atoms with Gasteiger partial charge in [-0.2, -0.15) is 0 Å². The van der Waals surface area contributed by atoms with Gasteiger partial charge in [0.05, 0.1) is 0 Å². The number of amides is 2. The van der Waals surface area contributed by atoms with E-state index in [9.17, 15) is 14.4 Å². The molecule has 0 spiro atoms. The van der Waals surface area contributed by atoms with Gasteiger partial charge in [0, 0.05) is 22.2 Å². The molecule has 0 bridgehead atoms. The van der Waals surface area contributed by atoms with E-state index in [-0.39, 0.29) is 12.3 Å². The lowest BCUT2D eigenvalue weighted by atomic mass is 10.2. The Hall–Kier alpha value is -1.79. The van der Waals surface area contributed by atoms with Crippen molar-refractivity contribution in [3.63, 3.8) is 0 Å². The van der Waals surface area contributed by atoms with E-state index in [0.29, 0.717) is 22.2 Å². The van der Waals surface area contributed by atoms with Crippen molar-refractivity contribution < 1.29 is 19.1 Å². The molecule has 0 radical (unpaired) electrons. The lowest BCUT2D eigenvalue weighted by Crippen LogP contribution is -2.36. The quantitative estimate of drug-likeness (QED) is 0.824. The van der Waals surface area contributed by atoms with Gasteiger partial charge < -0.3 is 15.4 Å². The lowest BCUT2D eigenvalue weighted by molar-refractivity contribution is -0.149. The van der Waals surface area contributed by atoms with E-state index in [1.54, 1.807) is 0 Å². The van der Waals surface area contributed by atoms with Crippen LogP contribution in [0.1, 0.15) is 12.8 Å². The summed E-state index contributed by atoms with van der Waals surface area (Å²) in [4.78, 5) is 34.2. The standard InChI is InChI=1S/C13H12Cl2N2O4/c14-7-3-8(15)5-9(4-7)16-12(19)6-21-13(20)10-1-2-11(18)17-10/h3-5,10H,1-2,6H2,(H,16,19)(H,17,18). The highest BCUT2D eigenvalue weighted by Crippen LogP contribution is 2.22. The maximum Gasteiger partial charge on any atom is 0.329 e. The second-order valence-corrected chi connectivity index (χ2v) is 5.35. The Kier molecular flexibility index (Phi) is 5.03. The predicted molar refractivity (Wildman–Crippen MR) is 77.2 cm³/mol. The number of rotatable bonds is 4. The summed E-state index contributed by atoms with van der Waals surface area (Å²) in [6.07, 6.45) is 0.663. The van der Waals surface area contributed by atoms with Crippen molar-refractivity contribution in [1.82, 2.24) is 5.32 Å². The summed E-state index contributed by atoms with van der Waals surface area (Å²) < 4.78 is 4.84. The zero-order valence-corrected chi connectivity index (χ0v) is 12.3. The molecule has 1 aromatic rings. The third-order valence-electron chi connectivity index (χ3n) is 2.77. The van der Waals surface area contributed by atoms with Gasteiger partial charge in [0.25, 0.3) is 5.91 Å². The highest BCUT2D eigenvalue weighted by molar-refractivity contribution is 6.35. The number of anilines is 1. The fraction of sp³-hybridized carbons (Fsp3) is 0.308. The molecular formula is C13H12Cl2N2O4. The SMILES string of the molecule is O=C(COC(=O)C1CCC(=O)N1)Nc1cc(Cl)cc(Cl)c1. The summed E-state index contributed by atoms with van der Waals surface area (Å²) in [6, 6.07) is 3.89. The summed E-state index contributed by atoms with van der Waals surface area (Å²) in [7, 11) is 0. The predicted octanol–water partition coefficient (Wildman–Crippen LogP) is 1.75. The highest BCUT2D eigenvalue weighted by Gasteiger charge is 2.28. The molecule has 2 rings (SSSR count). The number of benzene rings is 1. The number of carbonyl (C=O) groups excluding carboxylic acids is 3. The van der Waals surface area contributed by atoms with Gasteiger partial charge in [0.15, 0.2) is 6.61 Å². The van der Waals surface area contributed by atoms with Gasteiger partial charge >= 0.3 is 5.97 Å². The van der Waals surface area contributed by atoms with Gasteiger partial charge in [0.2, 0.25) is 5.91 Å². The number of ether oxygens (including phenoxy) is 1. The number of carbonyl (C=O) groups is 3. The van der Waals surface area contributed by atoms with E-state index < -0.39 is 24.5 Å². The molecule has 0 aliphatic carbocycles. The molecule has 21 heavy (non-hydrogen) atoms. The van der Waals surface area contributed by atoms with E-state index in [0.717, 1.165) is 0 Å². The van der Waals surface area contributed by atoms with Crippen LogP contribution in [0.25, 0.3) is 0 Å². The third-order valence-corrected chi connectivity index (χ3v) is 3.21. The van der Waals surface area contributed by atoms with E-state index in [2.05, 4.69) is 10.6 Å². The largest absolute Gasteiger partial charge is 0.454 e. The van der Waals surface area contributed by atoms with Crippen LogP contribution in [-0.4, -0.2) is 30.4 Å². The van der Waals surface area contributed by atoms with Crippen molar-refractivity contribution in [2.24, 2.45) is 0 Å². The minimum Gasteiger partial charge on any atom is -0.454 e. The Morgan fingerprint density at radius 1 is 1.29 bits per heavy atom. The minimum atomic E-state index is -0.675. The zero-order chi connectivity index (χ0) is 15.4. The Labute approximate surface area is 130 Å². The van der Waals surface area contributed by atoms with Crippen LogP contribution >= 0.6 is 23.2 Å². The Morgan fingerprint density at radius 3 is 2.52 bits per heavy atom. The average Bonchev–Trinajstić information content (AvgIpc) is 2.81. The maximum atomic E-state index is 11.7. The first-order valence-corrected chi connectivity index (χ1v) is 6.91. The monoisotopic (exact) mass is 330 g/mol. The molecule has 1 heterocycles. The van der Waals surface area contributed by atoms with Crippen LogP contribution in [0, 0.1) is 0 Å². The number of hydrogen-bond donors (Lipinski definition) is 2. The van der Waals surface area contributed by atoms with Crippen LogP contribution < -0.4 is 10.6 Å². The molecule has 2 N–H and O–H groups in total. The molecule has 0 aromatic heterocycles. The third kappa shape index (κ3) is 4.61. The number of esters is 1. The molecule has 2 amide bonds. The van der Waals surface area contributed by atoms with Crippen LogP contribution in [0.15, 0.2) is 18.2 Å². The molecule has 0 saturated carbocycles. The van der Waals surface area contributed by atoms with Crippen molar-refractivity contribution in [1.29, 1.82) is 0 Å². The molecule has 1 aromatic carbocycles. The summed E-state index contributed by atoms with van der Waals surface area (Å²) in [5, 5.41) is 5.72. The summed E-state index contributed by atoms with van der Waals surface area (Å²) in [5.74, 6) is -1.35. The summed E-state index contributed by atoms with van der Waals surface area (Å²) in [5.41, 5.74) is 0.405. The summed E-state index contributed by atoms with van der Waals surface area (Å²) >= 11 is 11.6. The van der Waals surface area contributed by atoms with Crippen LogP contribution in [-0.2, 0) is 19.1 Å².